The lowest BCUT2D eigenvalue weighted by atomic mass is 10.1. The maximum Gasteiger partial charge on any atom is 0.225 e. The van der Waals surface area contributed by atoms with Gasteiger partial charge < -0.3 is 9.73 Å². The highest BCUT2D eigenvalue weighted by Gasteiger charge is 2.14. The van der Waals surface area contributed by atoms with E-state index < -0.39 is 0 Å². The number of furan rings is 1. The van der Waals surface area contributed by atoms with Crippen molar-refractivity contribution in [3.05, 3.63) is 40.5 Å². The van der Waals surface area contributed by atoms with Crippen molar-refractivity contribution in [2.75, 3.05) is 0 Å². The predicted molar refractivity (Wildman–Crippen MR) is 74.4 cm³/mol. The Hall–Kier alpha value is -1.56. The molecule has 5 nitrogen and oxygen atoms in total. The Kier molecular flexibility index (Phi) is 4.42. The quantitative estimate of drug-likeness (QED) is 0.918. The number of aryl methyl sites for hydroxylation is 1. The van der Waals surface area contributed by atoms with Crippen LogP contribution in [-0.4, -0.2) is 15.7 Å². The zero-order valence-corrected chi connectivity index (χ0v) is 12.5. The molecule has 2 rings (SSSR count). The minimum Gasteiger partial charge on any atom is -0.465 e. The van der Waals surface area contributed by atoms with Gasteiger partial charge in [-0.05, 0) is 35.0 Å². The summed E-state index contributed by atoms with van der Waals surface area (Å²) in [6.45, 7) is 4.72. The molecule has 2 aromatic rings. The monoisotopic (exact) mass is 325 g/mol. The van der Waals surface area contributed by atoms with Crippen LogP contribution in [0.15, 0.2) is 33.4 Å². The van der Waals surface area contributed by atoms with Crippen molar-refractivity contribution in [3.63, 3.8) is 0 Å². The summed E-state index contributed by atoms with van der Waals surface area (Å²) in [5, 5.41) is 6.98. The Balaban J connectivity index is 1.82. The first-order valence-electron chi connectivity index (χ1n) is 6.05. The Morgan fingerprint density at radius 2 is 2.37 bits per heavy atom. The fraction of sp³-hybridized carbons (Fsp3) is 0.385. The van der Waals surface area contributed by atoms with Gasteiger partial charge in [0.05, 0.1) is 29.7 Å². The zero-order valence-electron chi connectivity index (χ0n) is 10.9. The molecule has 0 aromatic carbocycles. The number of carbonyl (C=O) groups excluding carboxylic acids is 1. The minimum atomic E-state index is -0.150. The molecule has 0 unspecified atom stereocenters. The molecular weight excluding hydrogens is 310 g/mol. The summed E-state index contributed by atoms with van der Waals surface area (Å²) in [4.78, 5) is 11.9. The molecule has 19 heavy (non-hydrogen) atoms. The molecular formula is C13H16BrN3O2. The molecule has 0 aliphatic heterocycles. The topological polar surface area (TPSA) is 60.1 Å². The molecule has 0 saturated heterocycles. The van der Waals surface area contributed by atoms with E-state index in [1.807, 2.05) is 32.2 Å². The molecule has 0 saturated carbocycles. The largest absolute Gasteiger partial charge is 0.465 e. The number of nitrogens with one attached hydrogen (secondary N) is 1. The van der Waals surface area contributed by atoms with Gasteiger partial charge in [-0.15, -0.1) is 0 Å². The van der Waals surface area contributed by atoms with Crippen LogP contribution in [0.1, 0.15) is 18.4 Å². The molecule has 1 N–H and O–H groups in total. The van der Waals surface area contributed by atoms with Gasteiger partial charge in [-0.3, -0.25) is 9.48 Å². The molecule has 0 fully saturated rings. The molecule has 0 aliphatic carbocycles. The van der Waals surface area contributed by atoms with Crippen LogP contribution in [0.2, 0.25) is 0 Å². The summed E-state index contributed by atoms with van der Waals surface area (Å²) < 4.78 is 8.05. The van der Waals surface area contributed by atoms with Crippen LogP contribution in [0, 0.1) is 12.8 Å². The van der Waals surface area contributed by atoms with Crippen molar-refractivity contribution in [2.45, 2.75) is 26.9 Å². The molecule has 0 radical (unpaired) electrons. The number of hydrogen-bond donors (Lipinski definition) is 1. The van der Waals surface area contributed by atoms with Crippen LogP contribution in [0.4, 0.5) is 0 Å². The molecule has 1 atom stereocenters. The second kappa shape index (κ2) is 6.06. The molecule has 1 amide bonds. The van der Waals surface area contributed by atoms with Crippen molar-refractivity contribution < 1.29 is 9.21 Å². The van der Waals surface area contributed by atoms with E-state index in [9.17, 15) is 4.79 Å². The van der Waals surface area contributed by atoms with Gasteiger partial charge >= 0.3 is 0 Å². The molecule has 0 spiro atoms. The molecule has 2 heterocycles. The van der Waals surface area contributed by atoms with Crippen LogP contribution in [-0.2, 0) is 17.9 Å². The lowest BCUT2D eigenvalue weighted by molar-refractivity contribution is -0.125. The van der Waals surface area contributed by atoms with Crippen LogP contribution in [0.25, 0.3) is 0 Å². The van der Waals surface area contributed by atoms with Crippen LogP contribution < -0.4 is 5.32 Å². The first-order valence-corrected chi connectivity index (χ1v) is 6.85. The molecule has 6 heteroatoms. The predicted octanol–water partition coefficient (Wildman–Crippen LogP) is 2.50. The van der Waals surface area contributed by atoms with E-state index in [4.69, 9.17) is 4.42 Å². The lowest BCUT2D eigenvalue weighted by Gasteiger charge is -2.11. The van der Waals surface area contributed by atoms with E-state index in [-0.39, 0.29) is 11.8 Å². The van der Waals surface area contributed by atoms with Gasteiger partial charge in [0, 0.05) is 6.20 Å². The van der Waals surface area contributed by atoms with Crippen molar-refractivity contribution >= 4 is 21.8 Å². The Labute approximate surface area is 120 Å². The molecule has 102 valence electrons. The number of nitrogens with zero attached hydrogens (tertiary/aromatic N) is 2. The second-order valence-corrected chi connectivity index (χ2v) is 5.43. The number of rotatable bonds is 5. The summed E-state index contributed by atoms with van der Waals surface area (Å²) >= 11 is 3.33. The van der Waals surface area contributed by atoms with Crippen molar-refractivity contribution in [1.82, 2.24) is 15.1 Å². The van der Waals surface area contributed by atoms with Gasteiger partial charge in [-0.25, -0.2) is 0 Å². The van der Waals surface area contributed by atoms with Gasteiger partial charge in [-0.1, -0.05) is 6.92 Å². The van der Waals surface area contributed by atoms with Crippen LogP contribution >= 0.6 is 15.9 Å². The standard InChI is InChI=1S/C13H16BrN3O2/c1-9(7-17-8-11(14)5-16-17)13(18)15-6-12-4-3-10(2)19-12/h3-5,8-9H,6-7H2,1-2H3,(H,15,18)/t9-/m0/s1. The number of amides is 1. The molecule has 0 aliphatic rings. The van der Waals surface area contributed by atoms with Gasteiger partial charge in [0.1, 0.15) is 11.5 Å². The van der Waals surface area contributed by atoms with E-state index in [2.05, 4.69) is 26.3 Å². The van der Waals surface area contributed by atoms with Crippen molar-refractivity contribution in [1.29, 1.82) is 0 Å². The van der Waals surface area contributed by atoms with Crippen molar-refractivity contribution in [3.8, 4) is 0 Å². The zero-order chi connectivity index (χ0) is 13.8. The number of aromatic nitrogens is 2. The van der Waals surface area contributed by atoms with Crippen LogP contribution in [0.5, 0.6) is 0 Å². The normalized spacial score (nSPS) is 12.4. The summed E-state index contributed by atoms with van der Waals surface area (Å²) in [5.74, 6) is 1.45. The average molecular weight is 326 g/mol. The number of hydrogen-bond acceptors (Lipinski definition) is 3. The van der Waals surface area contributed by atoms with E-state index in [1.165, 1.54) is 0 Å². The highest BCUT2D eigenvalue weighted by atomic mass is 79.9. The van der Waals surface area contributed by atoms with Crippen LogP contribution in [0.3, 0.4) is 0 Å². The Morgan fingerprint density at radius 1 is 1.58 bits per heavy atom. The highest BCUT2D eigenvalue weighted by molar-refractivity contribution is 9.10. The number of carbonyl (C=O) groups is 1. The maximum atomic E-state index is 11.9. The van der Waals surface area contributed by atoms with Gasteiger partial charge in [0.15, 0.2) is 0 Å². The summed E-state index contributed by atoms with van der Waals surface area (Å²) in [7, 11) is 0. The third-order valence-electron chi connectivity index (χ3n) is 2.74. The fourth-order valence-electron chi connectivity index (χ4n) is 1.73. The fourth-order valence-corrected chi connectivity index (χ4v) is 2.06. The SMILES string of the molecule is Cc1ccc(CNC(=O)[C@@H](C)Cn2cc(Br)cn2)o1. The van der Waals surface area contributed by atoms with Gasteiger partial charge in [-0.2, -0.15) is 5.10 Å². The third kappa shape index (κ3) is 3.96. The maximum absolute atomic E-state index is 11.9. The van der Waals surface area contributed by atoms with E-state index in [1.54, 1.807) is 10.9 Å². The first-order chi connectivity index (χ1) is 9.04. The first kappa shape index (κ1) is 13.9. The molecule has 0 bridgehead atoms. The number of halogens is 1. The molecule has 2 aromatic heterocycles. The Morgan fingerprint density at radius 3 is 2.95 bits per heavy atom. The minimum absolute atomic E-state index is 0.0133. The summed E-state index contributed by atoms with van der Waals surface area (Å²) in [5.41, 5.74) is 0. The third-order valence-corrected chi connectivity index (χ3v) is 3.15. The van der Waals surface area contributed by atoms with Crippen molar-refractivity contribution in [2.24, 2.45) is 5.92 Å². The second-order valence-electron chi connectivity index (χ2n) is 4.51. The lowest BCUT2D eigenvalue weighted by Crippen LogP contribution is -2.31. The van der Waals surface area contributed by atoms with E-state index in [0.29, 0.717) is 13.1 Å². The smallest absolute Gasteiger partial charge is 0.225 e. The summed E-state index contributed by atoms with van der Waals surface area (Å²) in [6, 6.07) is 3.75. The Bertz CT molecular complexity index is 562. The summed E-state index contributed by atoms with van der Waals surface area (Å²) in [6.07, 6.45) is 3.55. The van der Waals surface area contributed by atoms with E-state index in [0.717, 1.165) is 16.0 Å². The van der Waals surface area contributed by atoms with Gasteiger partial charge in [0.2, 0.25) is 5.91 Å². The average Bonchev–Trinajstić information content (AvgIpc) is 2.95. The highest BCUT2D eigenvalue weighted by Crippen LogP contribution is 2.09. The van der Waals surface area contributed by atoms with E-state index >= 15 is 0 Å². The van der Waals surface area contributed by atoms with Gasteiger partial charge in [0.25, 0.3) is 0 Å².